The van der Waals surface area contributed by atoms with Gasteiger partial charge in [0, 0.05) is 6.54 Å². The molecule has 3 heteroatoms. The lowest BCUT2D eigenvalue weighted by Gasteiger charge is -2.42. The number of ether oxygens (including phenoxy) is 2. The van der Waals surface area contributed by atoms with E-state index >= 15 is 0 Å². The Hall–Kier alpha value is -1.22. The third-order valence-electron chi connectivity index (χ3n) is 4.53. The van der Waals surface area contributed by atoms with Gasteiger partial charge in [-0.1, -0.05) is 6.42 Å². The van der Waals surface area contributed by atoms with Crippen LogP contribution >= 0.6 is 0 Å². The molecule has 1 saturated carbocycles. The molecule has 0 amide bonds. The molecule has 2 aliphatic rings. The fourth-order valence-corrected chi connectivity index (χ4v) is 3.29. The monoisotopic (exact) mass is 261 g/mol. The number of nitrogens with one attached hydrogen (secondary N) is 1. The van der Waals surface area contributed by atoms with Gasteiger partial charge in [-0.3, -0.25) is 0 Å². The second-order valence-electron chi connectivity index (χ2n) is 5.98. The molecule has 1 aliphatic carbocycles. The minimum absolute atomic E-state index is 0.462. The molecule has 3 nitrogen and oxygen atoms in total. The summed E-state index contributed by atoms with van der Waals surface area (Å²) in [6.07, 6.45) is 5.19. The normalized spacial score (nSPS) is 19.9. The van der Waals surface area contributed by atoms with Gasteiger partial charge in [0.15, 0.2) is 11.5 Å². The maximum atomic E-state index is 5.70. The fraction of sp³-hybridized carbons (Fsp3) is 0.625. The molecule has 104 valence electrons. The van der Waals surface area contributed by atoms with Crippen LogP contribution in [-0.4, -0.2) is 26.8 Å². The molecule has 1 fully saturated rings. The van der Waals surface area contributed by atoms with E-state index in [0.717, 1.165) is 24.5 Å². The van der Waals surface area contributed by atoms with Crippen molar-refractivity contribution in [2.75, 3.05) is 26.8 Å². The first-order chi connectivity index (χ1) is 9.22. The van der Waals surface area contributed by atoms with Crippen LogP contribution in [0.1, 0.15) is 30.4 Å². The van der Waals surface area contributed by atoms with Gasteiger partial charge < -0.3 is 14.8 Å². The van der Waals surface area contributed by atoms with Gasteiger partial charge >= 0.3 is 0 Å². The topological polar surface area (TPSA) is 30.5 Å². The fourth-order valence-electron chi connectivity index (χ4n) is 3.29. The summed E-state index contributed by atoms with van der Waals surface area (Å²) in [6.45, 7) is 4.62. The number of hydrogen-bond donors (Lipinski definition) is 1. The third kappa shape index (κ3) is 2.44. The van der Waals surface area contributed by atoms with Crippen LogP contribution in [0.2, 0.25) is 0 Å². The Balaban J connectivity index is 1.84. The van der Waals surface area contributed by atoms with Crippen molar-refractivity contribution in [3.05, 3.63) is 23.3 Å². The van der Waals surface area contributed by atoms with Crippen LogP contribution in [-0.2, 0) is 6.42 Å². The summed E-state index contributed by atoms with van der Waals surface area (Å²) in [5.41, 5.74) is 3.20. The molecular weight excluding hydrogens is 238 g/mol. The Bertz CT molecular complexity index is 466. The number of fused-ring (bicyclic) bond motifs is 1. The molecule has 0 unspecified atom stereocenters. The molecule has 0 radical (unpaired) electrons. The highest BCUT2D eigenvalue weighted by molar-refractivity contribution is 5.48. The van der Waals surface area contributed by atoms with Crippen LogP contribution in [0.15, 0.2) is 12.1 Å². The Morgan fingerprint density at radius 1 is 1.16 bits per heavy atom. The molecule has 1 heterocycles. The lowest BCUT2D eigenvalue weighted by molar-refractivity contribution is 0.132. The van der Waals surface area contributed by atoms with Crippen molar-refractivity contribution < 1.29 is 9.47 Å². The van der Waals surface area contributed by atoms with Crippen LogP contribution in [0.5, 0.6) is 11.5 Å². The first-order valence-electron chi connectivity index (χ1n) is 7.26. The maximum absolute atomic E-state index is 5.70. The molecule has 0 spiro atoms. The quantitative estimate of drug-likeness (QED) is 0.904. The van der Waals surface area contributed by atoms with E-state index in [0.29, 0.717) is 18.6 Å². The number of rotatable bonds is 4. The largest absolute Gasteiger partial charge is 0.486 e. The van der Waals surface area contributed by atoms with E-state index < -0.39 is 0 Å². The standard InChI is InChI=1S/C16H23NO2/c1-12-8-14-15(19-7-6-18-14)9-13(12)10-16(11-17-2)4-3-5-16/h8-9,17H,3-7,10-11H2,1-2H3. The van der Waals surface area contributed by atoms with Crippen LogP contribution in [0, 0.1) is 12.3 Å². The summed E-state index contributed by atoms with van der Waals surface area (Å²) in [7, 11) is 2.05. The molecule has 0 saturated heterocycles. The Morgan fingerprint density at radius 2 is 1.84 bits per heavy atom. The van der Waals surface area contributed by atoms with Gasteiger partial charge in [-0.25, -0.2) is 0 Å². The van der Waals surface area contributed by atoms with E-state index in [1.165, 1.54) is 30.4 Å². The first kappa shape index (κ1) is 12.8. The highest BCUT2D eigenvalue weighted by atomic mass is 16.6. The van der Waals surface area contributed by atoms with Crippen molar-refractivity contribution in [3.63, 3.8) is 0 Å². The molecule has 1 aromatic carbocycles. The predicted octanol–water partition coefficient (Wildman–Crippen LogP) is 2.70. The summed E-state index contributed by atoms with van der Waals surface area (Å²) in [5.74, 6) is 1.83. The summed E-state index contributed by atoms with van der Waals surface area (Å²) < 4.78 is 11.3. The molecular formula is C16H23NO2. The van der Waals surface area contributed by atoms with E-state index in [1.807, 2.05) is 0 Å². The van der Waals surface area contributed by atoms with Crippen molar-refractivity contribution in [1.29, 1.82) is 0 Å². The molecule has 1 N–H and O–H groups in total. The predicted molar refractivity (Wildman–Crippen MR) is 76.1 cm³/mol. The SMILES string of the molecule is CNCC1(Cc2cc3c(cc2C)OCCO3)CCC1. The second kappa shape index (κ2) is 5.04. The van der Waals surface area contributed by atoms with Crippen molar-refractivity contribution in [2.45, 2.75) is 32.6 Å². The zero-order valence-corrected chi connectivity index (χ0v) is 11.9. The molecule has 0 aromatic heterocycles. The van der Waals surface area contributed by atoms with Gasteiger partial charge in [0.05, 0.1) is 0 Å². The van der Waals surface area contributed by atoms with E-state index in [-0.39, 0.29) is 0 Å². The Labute approximate surface area is 115 Å². The summed E-state index contributed by atoms with van der Waals surface area (Å²) in [6, 6.07) is 4.33. The second-order valence-corrected chi connectivity index (χ2v) is 5.98. The Kier molecular flexibility index (Phi) is 3.40. The van der Waals surface area contributed by atoms with E-state index in [2.05, 4.69) is 31.4 Å². The third-order valence-corrected chi connectivity index (χ3v) is 4.53. The van der Waals surface area contributed by atoms with Gasteiger partial charge in [0.2, 0.25) is 0 Å². The molecule has 3 rings (SSSR count). The maximum Gasteiger partial charge on any atom is 0.161 e. The molecule has 0 bridgehead atoms. The summed E-state index contributed by atoms with van der Waals surface area (Å²) in [5, 5.41) is 3.36. The highest BCUT2D eigenvalue weighted by Gasteiger charge is 2.36. The number of hydrogen-bond acceptors (Lipinski definition) is 3. The summed E-state index contributed by atoms with van der Waals surface area (Å²) in [4.78, 5) is 0. The minimum atomic E-state index is 0.462. The molecule has 0 atom stereocenters. The number of aryl methyl sites for hydroxylation is 1. The van der Waals surface area contributed by atoms with Crippen LogP contribution in [0.3, 0.4) is 0 Å². The van der Waals surface area contributed by atoms with Crippen LogP contribution < -0.4 is 14.8 Å². The lowest BCUT2D eigenvalue weighted by atomic mass is 9.65. The van der Waals surface area contributed by atoms with Gasteiger partial charge in [0.25, 0.3) is 0 Å². The summed E-state index contributed by atoms with van der Waals surface area (Å²) >= 11 is 0. The van der Waals surface area contributed by atoms with Crippen LogP contribution in [0.25, 0.3) is 0 Å². The average molecular weight is 261 g/mol. The smallest absolute Gasteiger partial charge is 0.161 e. The van der Waals surface area contributed by atoms with E-state index in [1.54, 1.807) is 0 Å². The molecule has 19 heavy (non-hydrogen) atoms. The van der Waals surface area contributed by atoms with Crippen LogP contribution in [0.4, 0.5) is 0 Å². The average Bonchev–Trinajstić information content (AvgIpc) is 2.37. The molecule has 1 aromatic rings. The zero-order chi connectivity index (χ0) is 13.3. The zero-order valence-electron chi connectivity index (χ0n) is 11.9. The van der Waals surface area contributed by atoms with Crippen molar-refractivity contribution in [2.24, 2.45) is 5.41 Å². The van der Waals surface area contributed by atoms with Crippen molar-refractivity contribution in [3.8, 4) is 11.5 Å². The van der Waals surface area contributed by atoms with E-state index in [9.17, 15) is 0 Å². The Morgan fingerprint density at radius 3 is 2.42 bits per heavy atom. The number of benzene rings is 1. The van der Waals surface area contributed by atoms with Gasteiger partial charge in [-0.15, -0.1) is 0 Å². The van der Waals surface area contributed by atoms with E-state index in [4.69, 9.17) is 9.47 Å². The van der Waals surface area contributed by atoms with Gasteiger partial charge in [-0.2, -0.15) is 0 Å². The minimum Gasteiger partial charge on any atom is -0.486 e. The van der Waals surface area contributed by atoms with Gasteiger partial charge in [-0.05, 0) is 61.9 Å². The lowest BCUT2D eigenvalue weighted by Crippen LogP contribution is -2.40. The van der Waals surface area contributed by atoms with Gasteiger partial charge in [0.1, 0.15) is 13.2 Å². The first-order valence-corrected chi connectivity index (χ1v) is 7.26. The van der Waals surface area contributed by atoms with Crippen molar-refractivity contribution in [1.82, 2.24) is 5.32 Å². The molecule has 1 aliphatic heterocycles. The van der Waals surface area contributed by atoms with Crippen molar-refractivity contribution >= 4 is 0 Å². The highest BCUT2D eigenvalue weighted by Crippen LogP contribution is 2.45.